The van der Waals surface area contributed by atoms with Crippen LogP contribution in [-0.2, 0) is 6.18 Å². The van der Waals surface area contributed by atoms with Crippen LogP contribution in [-0.4, -0.2) is 7.11 Å². The Bertz CT molecular complexity index is 250. The van der Waals surface area contributed by atoms with Gasteiger partial charge < -0.3 is 4.74 Å². The van der Waals surface area contributed by atoms with Crippen LogP contribution in [0.2, 0.25) is 0 Å². The molecule has 0 saturated heterocycles. The normalized spacial score (nSPS) is 11.3. The standard InChI is InChI=1S/C8H7F3O/c1-12-7-4-2-6(3-5-7)8(9,10)11/h2-5H,1H3/i9-1. The number of benzene rings is 1. The molecule has 0 amide bonds. The number of hydrogen-bond donors (Lipinski definition) is 0. The molecule has 1 aromatic rings. The summed E-state index contributed by atoms with van der Waals surface area (Å²) in [6.07, 6.45) is -4.27. The lowest BCUT2D eigenvalue weighted by Crippen LogP contribution is -2.03. The van der Waals surface area contributed by atoms with Crippen LogP contribution in [0.3, 0.4) is 0 Å². The van der Waals surface area contributed by atoms with Crippen LogP contribution < -0.4 is 4.74 Å². The fourth-order valence-corrected chi connectivity index (χ4v) is 0.780. The molecule has 0 spiro atoms. The average Bonchev–Trinajstić information content (AvgIpc) is 2.03. The Kier molecular flexibility index (Phi) is 2.26. The number of ether oxygens (including phenoxy) is 1. The number of hydrogen-bond acceptors (Lipinski definition) is 1. The van der Waals surface area contributed by atoms with E-state index in [-0.39, 0.29) is 0 Å². The Morgan fingerprint density at radius 2 is 1.58 bits per heavy atom. The second-order valence-electron chi connectivity index (χ2n) is 2.23. The zero-order valence-electron chi connectivity index (χ0n) is 6.35. The highest BCUT2D eigenvalue weighted by Gasteiger charge is 2.29. The van der Waals surface area contributed by atoms with E-state index >= 15 is 0 Å². The monoisotopic (exact) mass is 175 g/mol. The molecule has 0 aliphatic carbocycles. The van der Waals surface area contributed by atoms with Crippen molar-refractivity contribution >= 4 is 0 Å². The van der Waals surface area contributed by atoms with Crippen LogP contribution >= 0.6 is 0 Å². The van der Waals surface area contributed by atoms with E-state index in [0.29, 0.717) is 5.75 Å². The van der Waals surface area contributed by atoms with E-state index in [1.165, 1.54) is 19.2 Å². The predicted octanol–water partition coefficient (Wildman–Crippen LogP) is 2.71. The van der Waals surface area contributed by atoms with Gasteiger partial charge in [0, 0.05) is 0 Å². The Hall–Kier alpha value is -1.19. The predicted molar refractivity (Wildman–Crippen MR) is 38.0 cm³/mol. The summed E-state index contributed by atoms with van der Waals surface area (Å²) in [7, 11) is 1.41. The molecule has 0 fully saturated rings. The van der Waals surface area contributed by atoms with E-state index in [0.717, 1.165) is 12.1 Å². The number of methoxy groups -OCH3 is 1. The van der Waals surface area contributed by atoms with Gasteiger partial charge in [-0.1, -0.05) is 0 Å². The molecule has 1 nitrogen and oxygen atoms in total. The van der Waals surface area contributed by atoms with Gasteiger partial charge in [0.2, 0.25) is 0 Å². The molecule has 0 bridgehead atoms. The van der Waals surface area contributed by atoms with Gasteiger partial charge in [-0.15, -0.1) is 0 Å². The quantitative estimate of drug-likeness (QED) is 0.637. The van der Waals surface area contributed by atoms with E-state index in [4.69, 9.17) is 4.74 Å². The maximum atomic E-state index is 12.0. The summed E-state index contributed by atoms with van der Waals surface area (Å²) in [5.74, 6) is 0.419. The SMILES string of the molecule is COc1ccc(C(F)(F)[18F])cc1. The lowest BCUT2D eigenvalue weighted by Gasteiger charge is -2.06. The summed E-state index contributed by atoms with van der Waals surface area (Å²) in [5, 5.41) is 0. The third-order valence-corrected chi connectivity index (χ3v) is 1.42. The summed E-state index contributed by atoms with van der Waals surface area (Å²) in [5.41, 5.74) is -0.664. The first kappa shape index (κ1) is 8.90. The molecule has 0 heterocycles. The third-order valence-electron chi connectivity index (χ3n) is 1.42. The van der Waals surface area contributed by atoms with Crippen LogP contribution in [0.25, 0.3) is 0 Å². The van der Waals surface area contributed by atoms with Gasteiger partial charge in [0.25, 0.3) is 0 Å². The van der Waals surface area contributed by atoms with Crippen molar-refractivity contribution in [3.8, 4) is 5.75 Å². The van der Waals surface area contributed by atoms with Crippen molar-refractivity contribution in [1.82, 2.24) is 0 Å². The van der Waals surface area contributed by atoms with Crippen molar-refractivity contribution in [1.29, 1.82) is 0 Å². The smallest absolute Gasteiger partial charge is 0.416 e. The van der Waals surface area contributed by atoms with Crippen LogP contribution in [0, 0.1) is 0 Å². The molecule has 12 heavy (non-hydrogen) atoms. The second kappa shape index (κ2) is 3.05. The molecule has 66 valence electrons. The van der Waals surface area contributed by atoms with Gasteiger partial charge in [0.1, 0.15) is 5.75 Å². The van der Waals surface area contributed by atoms with Crippen molar-refractivity contribution in [2.24, 2.45) is 0 Å². The molecule has 0 N–H and O–H groups in total. The number of alkyl halides is 3. The molecule has 0 aliphatic heterocycles. The minimum Gasteiger partial charge on any atom is -0.497 e. The Morgan fingerprint density at radius 1 is 1.08 bits per heavy atom. The highest BCUT2D eigenvalue weighted by molar-refractivity contribution is 5.28. The fourth-order valence-electron chi connectivity index (χ4n) is 0.780. The lowest BCUT2D eigenvalue weighted by atomic mass is 10.2. The molecule has 0 aliphatic rings. The van der Waals surface area contributed by atoms with Crippen LogP contribution in [0.15, 0.2) is 24.3 Å². The van der Waals surface area contributed by atoms with Crippen molar-refractivity contribution in [2.45, 2.75) is 6.18 Å². The maximum absolute atomic E-state index is 12.0. The molecule has 0 aromatic heterocycles. The molecular formula is C8H7F3O. The minimum absolute atomic E-state index is 0.419. The molecule has 4 heteroatoms. The summed E-state index contributed by atoms with van der Waals surface area (Å²) in [6.45, 7) is 0. The molecule has 0 unspecified atom stereocenters. The van der Waals surface area contributed by atoms with E-state index in [9.17, 15) is 13.2 Å². The minimum atomic E-state index is -4.27. The maximum Gasteiger partial charge on any atom is 0.416 e. The van der Waals surface area contributed by atoms with Crippen molar-refractivity contribution in [3.63, 3.8) is 0 Å². The molecule has 1 rings (SSSR count). The third kappa shape index (κ3) is 1.90. The highest BCUT2D eigenvalue weighted by atomic mass is 19.3. The Balaban J connectivity index is 2.93. The Labute approximate surface area is 67.8 Å². The topological polar surface area (TPSA) is 9.23 Å². The van der Waals surface area contributed by atoms with E-state index in [1.54, 1.807) is 0 Å². The second-order valence-corrected chi connectivity index (χ2v) is 2.23. The van der Waals surface area contributed by atoms with Gasteiger partial charge >= 0.3 is 6.18 Å². The average molecular weight is 175 g/mol. The first-order chi connectivity index (χ1) is 5.54. The largest absolute Gasteiger partial charge is 0.497 e. The highest BCUT2D eigenvalue weighted by Crippen LogP contribution is 2.29. The van der Waals surface area contributed by atoms with E-state index in [2.05, 4.69) is 0 Å². The van der Waals surface area contributed by atoms with Gasteiger partial charge in [-0.2, -0.15) is 13.2 Å². The van der Waals surface area contributed by atoms with E-state index in [1.807, 2.05) is 0 Å². The van der Waals surface area contributed by atoms with Gasteiger partial charge in [-0.25, -0.2) is 0 Å². The molecule has 0 saturated carbocycles. The van der Waals surface area contributed by atoms with Gasteiger partial charge in [-0.3, -0.25) is 0 Å². The summed E-state index contributed by atoms with van der Waals surface area (Å²) < 4.78 is 40.7. The van der Waals surface area contributed by atoms with E-state index < -0.39 is 11.7 Å². The first-order valence-electron chi connectivity index (χ1n) is 3.25. The van der Waals surface area contributed by atoms with Crippen molar-refractivity contribution in [3.05, 3.63) is 29.8 Å². The van der Waals surface area contributed by atoms with Crippen LogP contribution in [0.4, 0.5) is 13.2 Å². The summed E-state index contributed by atoms with van der Waals surface area (Å²) in [6, 6.07) is 4.53. The molecular weight excluding hydrogens is 168 g/mol. The van der Waals surface area contributed by atoms with Crippen molar-refractivity contribution < 1.29 is 17.9 Å². The number of rotatable bonds is 1. The fraction of sp³-hybridized carbons (Fsp3) is 0.250. The molecule has 0 atom stereocenters. The van der Waals surface area contributed by atoms with Crippen LogP contribution in [0.1, 0.15) is 5.56 Å². The van der Waals surface area contributed by atoms with Gasteiger partial charge in [-0.05, 0) is 24.3 Å². The zero-order valence-corrected chi connectivity index (χ0v) is 6.35. The van der Waals surface area contributed by atoms with Crippen molar-refractivity contribution in [2.75, 3.05) is 7.11 Å². The summed E-state index contributed by atoms with van der Waals surface area (Å²) >= 11 is 0. The van der Waals surface area contributed by atoms with Gasteiger partial charge in [0.15, 0.2) is 0 Å². The van der Waals surface area contributed by atoms with Gasteiger partial charge in [0.05, 0.1) is 12.7 Å². The molecule has 1 aromatic carbocycles. The Morgan fingerprint density at radius 3 is 1.92 bits per heavy atom. The zero-order chi connectivity index (χ0) is 9.19. The van der Waals surface area contributed by atoms with Crippen LogP contribution in [0.5, 0.6) is 5.75 Å². The lowest BCUT2D eigenvalue weighted by molar-refractivity contribution is -0.137. The summed E-state index contributed by atoms with van der Waals surface area (Å²) in [4.78, 5) is 0. The first-order valence-corrected chi connectivity index (χ1v) is 3.25. The number of halogens is 3. The molecule has 0 radical (unpaired) electrons.